The fraction of sp³-hybridized carbons (Fsp3) is 0.615. The van der Waals surface area contributed by atoms with E-state index < -0.39 is 0 Å². The highest BCUT2D eigenvalue weighted by atomic mass is 35.5. The third-order valence-corrected chi connectivity index (χ3v) is 3.77. The summed E-state index contributed by atoms with van der Waals surface area (Å²) in [7, 11) is 1.96. The largest absolute Gasteiger partial charge is 0.355 e. The molecule has 0 aromatic carbocycles. The molecule has 5 nitrogen and oxygen atoms in total. The predicted octanol–water partition coefficient (Wildman–Crippen LogP) is 2.57. The van der Waals surface area contributed by atoms with Gasteiger partial charge in [-0.25, -0.2) is 4.98 Å². The first-order chi connectivity index (χ1) is 9.20. The van der Waals surface area contributed by atoms with Crippen LogP contribution in [0.5, 0.6) is 0 Å². The lowest BCUT2D eigenvalue weighted by Crippen LogP contribution is -2.20. The second-order valence-electron chi connectivity index (χ2n) is 5.03. The third-order valence-electron chi connectivity index (χ3n) is 3.60. The highest BCUT2D eigenvalue weighted by Gasteiger charge is 2.22. The van der Waals surface area contributed by atoms with Crippen molar-refractivity contribution >= 4 is 28.5 Å². The molecular weight excluding hydrogens is 262 g/mol. The Labute approximate surface area is 117 Å². The molecule has 102 valence electrons. The number of halogens is 1. The van der Waals surface area contributed by atoms with Crippen molar-refractivity contribution in [2.45, 2.75) is 32.6 Å². The van der Waals surface area contributed by atoms with Gasteiger partial charge in [0.2, 0.25) is 5.28 Å². The Balaban J connectivity index is 2.20. The molecule has 0 amide bonds. The molecule has 3 heterocycles. The number of anilines is 1. The maximum atomic E-state index is 6.10. The van der Waals surface area contributed by atoms with Gasteiger partial charge in [0, 0.05) is 20.1 Å². The van der Waals surface area contributed by atoms with Crippen molar-refractivity contribution in [2.75, 3.05) is 18.0 Å². The van der Waals surface area contributed by atoms with Crippen LogP contribution in [0.3, 0.4) is 0 Å². The first-order valence-electron chi connectivity index (χ1n) is 6.84. The molecule has 0 unspecified atom stereocenters. The van der Waals surface area contributed by atoms with E-state index in [1.54, 1.807) is 0 Å². The summed E-state index contributed by atoms with van der Waals surface area (Å²) >= 11 is 6.10. The van der Waals surface area contributed by atoms with Crippen LogP contribution < -0.4 is 4.90 Å². The average Bonchev–Trinajstić information content (AvgIpc) is 2.99. The number of aromatic nitrogens is 4. The number of aryl methyl sites for hydroxylation is 2. The molecule has 1 aliphatic rings. The molecular formula is C13H18ClN5. The molecule has 0 saturated carbocycles. The Morgan fingerprint density at radius 2 is 1.95 bits per heavy atom. The van der Waals surface area contributed by atoms with E-state index in [-0.39, 0.29) is 0 Å². The summed E-state index contributed by atoms with van der Waals surface area (Å²) in [5.74, 6) is 0.935. The van der Waals surface area contributed by atoms with Crippen molar-refractivity contribution in [3.05, 3.63) is 11.0 Å². The molecule has 0 bridgehead atoms. The first kappa shape index (κ1) is 12.7. The fourth-order valence-corrected chi connectivity index (χ4v) is 2.91. The maximum Gasteiger partial charge on any atom is 0.225 e. The molecule has 6 heteroatoms. The third kappa shape index (κ3) is 2.16. The summed E-state index contributed by atoms with van der Waals surface area (Å²) < 4.78 is 1.89. The molecule has 1 fully saturated rings. The standard InChI is InChI=1S/C13H18ClN5/c1-3-6-9-10-11(18(2)17-9)12(16-13(14)15-10)19-7-4-5-8-19/h3-8H2,1-2H3. The van der Waals surface area contributed by atoms with Gasteiger partial charge in [-0.2, -0.15) is 10.1 Å². The van der Waals surface area contributed by atoms with Gasteiger partial charge in [-0.15, -0.1) is 0 Å². The number of hydrogen-bond donors (Lipinski definition) is 0. The molecule has 1 aliphatic heterocycles. The molecule has 3 rings (SSSR count). The van der Waals surface area contributed by atoms with Crippen molar-refractivity contribution in [3.8, 4) is 0 Å². The van der Waals surface area contributed by atoms with Crippen molar-refractivity contribution in [1.82, 2.24) is 19.7 Å². The highest BCUT2D eigenvalue weighted by molar-refractivity contribution is 6.28. The number of hydrogen-bond acceptors (Lipinski definition) is 4. The van der Waals surface area contributed by atoms with Gasteiger partial charge in [-0.05, 0) is 30.9 Å². The van der Waals surface area contributed by atoms with Gasteiger partial charge in [-0.1, -0.05) is 13.3 Å². The monoisotopic (exact) mass is 279 g/mol. The molecule has 0 N–H and O–H groups in total. The van der Waals surface area contributed by atoms with Crippen LogP contribution in [-0.2, 0) is 13.5 Å². The Kier molecular flexibility index (Phi) is 3.31. The Bertz CT molecular complexity index is 601. The minimum atomic E-state index is 0.319. The lowest BCUT2D eigenvalue weighted by Gasteiger charge is -2.17. The summed E-state index contributed by atoms with van der Waals surface area (Å²) in [5, 5.41) is 4.90. The molecule has 1 saturated heterocycles. The van der Waals surface area contributed by atoms with Gasteiger partial charge >= 0.3 is 0 Å². The van der Waals surface area contributed by atoms with Gasteiger partial charge in [-0.3, -0.25) is 4.68 Å². The number of nitrogens with zero attached hydrogens (tertiary/aromatic N) is 5. The summed E-state index contributed by atoms with van der Waals surface area (Å²) in [6, 6.07) is 0. The lowest BCUT2D eigenvalue weighted by molar-refractivity contribution is 0.750. The van der Waals surface area contributed by atoms with Crippen molar-refractivity contribution < 1.29 is 0 Å². The second-order valence-corrected chi connectivity index (χ2v) is 5.37. The predicted molar refractivity (Wildman–Crippen MR) is 76.8 cm³/mol. The lowest BCUT2D eigenvalue weighted by atomic mass is 10.2. The van der Waals surface area contributed by atoms with E-state index in [0.29, 0.717) is 5.28 Å². The normalized spacial score (nSPS) is 15.6. The van der Waals surface area contributed by atoms with Crippen molar-refractivity contribution in [2.24, 2.45) is 7.05 Å². The summed E-state index contributed by atoms with van der Waals surface area (Å²) in [4.78, 5) is 11.1. The van der Waals surface area contributed by atoms with Gasteiger partial charge < -0.3 is 4.90 Å². The Morgan fingerprint density at radius 3 is 2.63 bits per heavy atom. The summed E-state index contributed by atoms with van der Waals surface area (Å²) in [6.07, 6.45) is 4.39. The van der Waals surface area contributed by atoms with Gasteiger partial charge in [0.1, 0.15) is 11.0 Å². The number of fused-ring (bicyclic) bond motifs is 1. The topological polar surface area (TPSA) is 46.8 Å². The Hall–Kier alpha value is -1.36. The van der Waals surface area contributed by atoms with Crippen LogP contribution >= 0.6 is 11.6 Å². The zero-order valence-electron chi connectivity index (χ0n) is 11.4. The zero-order chi connectivity index (χ0) is 13.4. The molecule has 2 aromatic rings. The van der Waals surface area contributed by atoms with E-state index in [4.69, 9.17) is 11.6 Å². The van der Waals surface area contributed by atoms with Crippen LogP contribution in [0.25, 0.3) is 11.0 Å². The molecule has 0 radical (unpaired) electrons. The van der Waals surface area contributed by atoms with Crippen LogP contribution in [0.4, 0.5) is 5.82 Å². The minimum absolute atomic E-state index is 0.319. The van der Waals surface area contributed by atoms with E-state index in [1.165, 1.54) is 12.8 Å². The SMILES string of the molecule is CCCc1nn(C)c2c(N3CCCC3)nc(Cl)nc12. The van der Waals surface area contributed by atoms with Crippen molar-refractivity contribution in [3.63, 3.8) is 0 Å². The van der Waals surface area contributed by atoms with Crippen LogP contribution in [0, 0.1) is 0 Å². The smallest absolute Gasteiger partial charge is 0.225 e. The molecule has 0 aliphatic carbocycles. The van der Waals surface area contributed by atoms with Gasteiger partial charge in [0.25, 0.3) is 0 Å². The van der Waals surface area contributed by atoms with E-state index in [9.17, 15) is 0 Å². The molecule has 0 atom stereocenters. The summed E-state index contributed by atoms with van der Waals surface area (Å²) in [6.45, 7) is 4.22. The van der Waals surface area contributed by atoms with E-state index in [0.717, 1.165) is 48.5 Å². The number of rotatable bonds is 3. The highest BCUT2D eigenvalue weighted by Crippen LogP contribution is 2.29. The molecule has 19 heavy (non-hydrogen) atoms. The van der Waals surface area contributed by atoms with Gasteiger partial charge in [0.05, 0.1) is 5.69 Å². The first-order valence-corrected chi connectivity index (χ1v) is 7.22. The fourth-order valence-electron chi connectivity index (χ4n) is 2.75. The van der Waals surface area contributed by atoms with Gasteiger partial charge in [0.15, 0.2) is 5.82 Å². The van der Waals surface area contributed by atoms with Crippen molar-refractivity contribution in [1.29, 1.82) is 0 Å². The van der Waals surface area contributed by atoms with E-state index in [2.05, 4.69) is 26.9 Å². The minimum Gasteiger partial charge on any atom is -0.355 e. The quantitative estimate of drug-likeness (QED) is 0.810. The Morgan fingerprint density at radius 1 is 1.21 bits per heavy atom. The molecule has 2 aromatic heterocycles. The van der Waals surface area contributed by atoms with Crippen LogP contribution in [-0.4, -0.2) is 32.8 Å². The van der Waals surface area contributed by atoms with E-state index >= 15 is 0 Å². The zero-order valence-corrected chi connectivity index (χ0v) is 12.1. The average molecular weight is 280 g/mol. The van der Waals surface area contributed by atoms with Crippen LogP contribution in [0.1, 0.15) is 31.9 Å². The second kappa shape index (κ2) is 4.96. The molecule has 0 spiro atoms. The maximum absolute atomic E-state index is 6.10. The van der Waals surface area contributed by atoms with E-state index in [1.807, 2.05) is 11.7 Å². The van der Waals surface area contributed by atoms with Crippen LogP contribution in [0.2, 0.25) is 5.28 Å². The van der Waals surface area contributed by atoms with Crippen LogP contribution in [0.15, 0.2) is 0 Å². The summed E-state index contributed by atoms with van der Waals surface area (Å²) in [5.41, 5.74) is 2.94.